The number of thiophene rings is 2. The van der Waals surface area contributed by atoms with E-state index in [0.29, 0.717) is 5.46 Å². The molecule has 0 saturated heterocycles. The van der Waals surface area contributed by atoms with Crippen molar-refractivity contribution in [3.63, 3.8) is 0 Å². The van der Waals surface area contributed by atoms with E-state index in [1.807, 2.05) is 65.1 Å². The van der Waals surface area contributed by atoms with Crippen molar-refractivity contribution in [1.82, 2.24) is 9.13 Å². The average Bonchev–Trinajstić information content (AvgIpc) is 4.14. The molecule has 0 bridgehead atoms. The molecule has 336 valence electrons. The van der Waals surface area contributed by atoms with Crippen molar-refractivity contribution in [2.75, 3.05) is 0 Å². The zero-order chi connectivity index (χ0) is 47.5. The SMILES string of the molecule is Brc1cc(-c2ccc3c(c2)c2ccccc2n3-c2ccccc2)cc2sc3ccccc3c12.Brc1cc(Br)c2c(c1)sc1ccccc12.OB(O)c1ccc2c(c1)c1ccccc1n2-c1ccccc1. The fraction of sp³-hybridized carbons (Fsp3) is 0. The van der Waals surface area contributed by atoms with E-state index in [1.165, 1.54) is 79.0 Å². The molecule has 0 unspecified atom stereocenters. The molecule has 0 amide bonds. The van der Waals surface area contributed by atoms with Crippen molar-refractivity contribution in [3.8, 4) is 22.5 Å². The van der Waals surface area contributed by atoms with Gasteiger partial charge in [-0.15, -0.1) is 22.7 Å². The summed E-state index contributed by atoms with van der Waals surface area (Å²) in [6.45, 7) is 0. The fourth-order valence-electron chi connectivity index (χ4n) is 9.76. The third-order valence-corrected chi connectivity index (χ3v) is 16.8. The summed E-state index contributed by atoms with van der Waals surface area (Å²) in [5.74, 6) is 0. The second kappa shape index (κ2) is 18.8. The highest BCUT2D eigenvalue weighted by atomic mass is 79.9. The molecule has 0 saturated carbocycles. The normalized spacial score (nSPS) is 11.5. The Bertz CT molecular complexity index is 4280. The second-order valence-corrected chi connectivity index (χ2v) is 21.8. The smallest absolute Gasteiger partial charge is 0.423 e. The van der Waals surface area contributed by atoms with Gasteiger partial charge in [-0.2, -0.15) is 0 Å². The van der Waals surface area contributed by atoms with Gasteiger partial charge in [-0.3, -0.25) is 0 Å². The summed E-state index contributed by atoms with van der Waals surface area (Å²) in [7, 11) is -1.46. The number of para-hydroxylation sites is 4. The predicted molar refractivity (Wildman–Crippen MR) is 312 cm³/mol. The van der Waals surface area contributed by atoms with Gasteiger partial charge >= 0.3 is 7.12 Å². The van der Waals surface area contributed by atoms with E-state index < -0.39 is 7.12 Å². The van der Waals surface area contributed by atoms with Gasteiger partial charge in [-0.05, 0) is 108 Å². The number of aromatic nitrogens is 2. The van der Waals surface area contributed by atoms with E-state index in [9.17, 15) is 10.0 Å². The molecule has 70 heavy (non-hydrogen) atoms. The number of hydrogen-bond acceptors (Lipinski definition) is 4. The topological polar surface area (TPSA) is 50.3 Å². The molecule has 0 fully saturated rings. The number of nitrogens with zero attached hydrogens (tertiary/aromatic N) is 2. The number of halogens is 3. The summed E-state index contributed by atoms with van der Waals surface area (Å²) in [5.41, 5.74) is 9.87. The first kappa shape index (κ1) is 44.8. The zero-order valence-electron chi connectivity index (χ0n) is 37.1. The molecule has 2 N–H and O–H groups in total. The summed E-state index contributed by atoms with van der Waals surface area (Å²) >= 11 is 14.7. The predicted octanol–water partition coefficient (Wildman–Crippen LogP) is 17.6. The van der Waals surface area contributed by atoms with Gasteiger partial charge < -0.3 is 19.2 Å². The van der Waals surface area contributed by atoms with E-state index in [-0.39, 0.29) is 0 Å². The highest BCUT2D eigenvalue weighted by Gasteiger charge is 2.18. The summed E-state index contributed by atoms with van der Waals surface area (Å²) in [6, 6.07) is 76.1. The quantitative estimate of drug-likeness (QED) is 0.173. The molecule has 14 aromatic rings. The molecule has 0 radical (unpaired) electrons. The van der Waals surface area contributed by atoms with E-state index >= 15 is 0 Å². The van der Waals surface area contributed by atoms with Crippen molar-refractivity contribution < 1.29 is 10.0 Å². The second-order valence-electron chi connectivity index (χ2n) is 17.0. The van der Waals surface area contributed by atoms with Crippen molar-refractivity contribution in [2.24, 2.45) is 0 Å². The lowest BCUT2D eigenvalue weighted by Gasteiger charge is -2.08. The number of benzene rings is 10. The summed E-state index contributed by atoms with van der Waals surface area (Å²) in [5, 5.41) is 28.8. The molecule has 4 nitrogen and oxygen atoms in total. The minimum atomic E-state index is -1.46. The van der Waals surface area contributed by atoms with Gasteiger partial charge in [0.25, 0.3) is 0 Å². The maximum absolute atomic E-state index is 9.43. The van der Waals surface area contributed by atoms with Crippen LogP contribution < -0.4 is 5.46 Å². The van der Waals surface area contributed by atoms with Crippen molar-refractivity contribution in [2.45, 2.75) is 0 Å². The molecule has 0 aliphatic heterocycles. The Morgan fingerprint density at radius 1 is 0.343 bits per heavy atom. The van der Waals surface area contributed by atoms with Crippen LogP contribution in [0.25, 0.3) is 106 Å². The standard InChI is InChI=1S/C30H18BrNS.C18H14BNO2.C12H6Br2S/c31-25-17-20(18-29-30(25)23-11-5-7-13-28(23)33-29)19-14-15-27-24(16-19)22-10-4-6-12-26(22)32(27)21-8-2-1-3-9-21;21-19(22)13-10-11-18-16(12-13)15-8-4-5-9-17(15)20(18)14-6-2-1-3-7-14;13-7-5-9(14)12-8-3-1-2-4-10(8)15-11(12)6-7/h1-18H;1-12,21-22H;1-6H. The Labute approximate surface area is 436 Å². The van der Waals surface area contributed by atoms with Gasteiger partial charge in [0.1, 0.15) is 0 Å². The monoisotopic (exact) mass is 1130 g/mol. The van der Waals surface area contributed by atoms with Crippen LogP contribution in [-0.4, -0.2) is 26.3 Å². The zero-order valence-corrected chi connectivity index (χ0v) is 43.5. The van der Waals surface area contributed by atoms with Crippen molar-refractivity contribution in [3.05, 3.63) is 232 Å². The first-order valence-corrected chi connectivity index (χ1v) is 26.7. The lowest BCUT2D eigenvalue weighted by Crippen LogP contribution is -2.29. The third-order valence-electron chi connectivity index (χ3n) is 12.9. The van der Waals surface area contributed by atoms with Crippen molar-refractivity contribution in [1.29, 1.82) is 0 Å². The molecule has 4 aromatic heterocycles. The number of fused-ring (bicyclic) bond motifs is 12. The lowest BCUT2D eigenvalue weighted by atomic mass is 9.80. The molecular formula is C60H38BBr3N2O2S2. The molecule has 10 aromatic carbocycles. The van der Waals surface area contributed by atoms with E-state index in [4.69, 9.17) is 0 Å². The number of rotatable bonds is 4. The highest BCUT2D eigenvalue weighted by Crippen LogP contribution is 2.43. The van der Waals surface area contributed by atoms with Gasteiger partial charge in [0.15, 0.2) is 0 Å². The van der Waals surface area contributed by atoms with Gasteiger partial charge in [-0.25, -0.2) is 0 Å². The Hall–Kier alpha value is -6.34. The number of hydrogen-bond donors (Lipinski definition) is 2. The van der Waals surface area contributed by atoms with Crippen LogP contribution in [0.3, 0.4) is 0 Å². The third kappa shape index (κ3) is 8.07. The summed E-state index contributed by atoms with van der Waals surface area (Å²) in [4.78, 5) is 0. The molecule has 0 atom stereocenters. The van der Waals surface area contributed by atoms with Gasteiger partial charge in [0, 0.05) is 86.7 Å². The van der Waals surface area contributed by atoms with E-state index in [2.05, 4.69) is 227 Å². The van der Waals surface area contributed by atoms with Crippen LogP contribution in [0.4, 0.5) is 0 Å². The molecule has 0 aliphatic rings. The molecule has 0 spiro atoms. The maximum Gasteiger partial charge on any atom is 0.488 e. The van der Waals surface area contributed by atoms with E-state index in [0.717, 1.165) is 40.9 Å². The van der Waals surface area contributed by atoms with Gasteiger partial charge in [0.2, 0.25) is 0 Å². The molecular weight excluding hydrogens is 1100 g/mol. The Balaban J connectivity index is 0.000000117. The molecule has 4 heterocycles. The van der Waals surface area contributed by atoms with Crippen LogP contribution in [0.15, 0.2) is 232 Å². The van der Waals surface area contributed by atoms with Crippen LogP contribution >= 0.6 is 70.5 Å². The van der Waals surface area contributed by atoms with Crippen LogP contribution in [0.2, 0.25) is 0 Å². The molecule has 10 heteroatoms. The first-order valence-electron chi connectivity index (χ1n) is 22.7. The molecule has 0 aliphatic carbocycles. The maximum atomic E-state index is 9.43. The minimum Gasteiger partial charge on any atom is -0.423 e. The largest absolute Gasteiger partial charge is 0.488 e. The van der Waals surface area contributed by atoms with Gasteiger partial charge in [0.05, 0.1) is 22.1 Å². The van der Waals surface area contributed by atoms with Crippen LogP contribution in [0, 0.1) is 0 Å². The molecule has 14 rings (SSSR count). The van der Waals surface area contributed by atoms with Crippen LogP contribution in [-0.2, 0) is 0 Å². The highest BCUT2D eigenvalue weighted by molar-refractivity contribution is 9.11. The summed E-state index contributed by atoms with van der Waals surface area (Å²) in [6.07, 6.45) is 0. The fourth-order valence-corrected chi connectivity index (χ4v) is 14.6. The Morgan fingerprint density at radius 3 is 1.34 bits per heavy atom. The summed E-state index contributed by atoms with van der Waals surface area (Å²) < 4.78 is 13.3. The lowest BCUT2D eigenvalue weighted by molar-refractivity contribution is 0.426. The van der Waals surface area contributed by atoms with Crippen molar-refractivity contribution >= 4 is 167 Å². The Kier molecular flexibility index (Phi) is 12.0. The van der Waals surface area contributed by atoms with E-state index in [1.54, 1.807) is 6.07 Å². The van der Waals surface area contributed by atoms with Crippen LogP contribution in [0.1, 0.15) is 0 Å². The average molecular weight is 1130 g/mol. The first-order chi connectivity index (χ1) is 34.3. The van der Waals surface area contributed by atoms with Crippen LogP contribution in [0.5, 0.6) is 0 Å². The minimum absolute atomic E-state index is 0.503. The van der Waals surface area contributed by atoms with Gasteiger partial charge in [-0.1, -0.05) is 175 Å². The Morgan fingerprint density at radius 2 is 0.786 bits per heavy atom.